The summed E-state index contributed by atoms with van der Waals surface area (Å²) in [7, 11) is 0. The Bertz CT molecular complexity index is 803. The zero-order chi connectivity index (χ0) is 25.1. The molecule has 6 atom stereocenters. The summed E-state index contributed by atoms with van der Waals surface area (Å²) in [5, 5.41) is 35.4. The van der Waals surface area contributed by atoms with Crippen LogP contribution in [0.3, 0.4) is 0 Å². The quantitative estimate of drug-likeness (QED) is 0.183. The minimum Gasteiger partial charge on any atom is -0.480 e. The minimum absolute atomic E-state index is 0.0941. The van der Waals surface area contributed by atoms with Crippen LogP contribution < -0.4 is 21.7 Å². The van der Waals surface area contributed by atoms with Crippen molar-refractivity contribution in [2.45, 2.75) is 63.9 Å². The number of aliphatic hydroxyl groups excluding tert-OH is 2. The van der Waals surface area contributed by atoms with E-state index in [0.29, 0.717) is 6.42 Å². The summed E-state index contributed by atoms with van der Waals surface area (Å²) in [6.45, 7) is 4.12. The van der Waals surface area contributed by atoms with E-state index in [1.807, 2.05) is 0 Å². The molecule has 0 aliphatic heterocycles. The molecule has 0 aliphatic rings. The average Bonchev–Trinajstić information content (AvgIpc) is 2.79. The lowest BCUT2D eigenvalue weighted by atomic mass is 9.96. The fraction of sp³-hybridized carbons (Fsp3) is 0.545. The van der Waals surface area contributed by atoms with Gasteiger partial charge in [0.1, 0.15) is 18.1 Å². The first-order valence-corrected chi connectivity index (χ1v) is 10.7. The minimum atomic E-state index is -1.55. The molecule has 33 heavy (non-hydrogen) atoms. The van der Waals surface area contributed by atoms with Gasteiger partial charge in [-0.1, -0.05) is 50.6 Å². The SMILES string of the molecule is CCC(C)C(NC(=O)C(Cc1ccccc1)NC(=O)C(N)CO)C(=O)NC(C(=O)O)C(C)O. The third kappa shape index (κ3) is 8.79. The summed E-state index contributed by atoms with van der Waals surface area (Å²) in [4.78, 5) is 49.5. The summed E-state index contributed by atoms with van der Waals surface area (Å²) in [6, 6.07) is 3.84. The van der Waals surface area contributed by atoms with Gasteiger partial charge in [0.25, 0.3) is 0 Å². The number of hydrogen-bond donors (Lipinski definition) is 7. The number of aliphatic hydroxyl groups is 2. The first kappa shape index (κ1) is 28.0. The lowest BCUT2D eigenvalue weighted by molar-refractivity contribution is -0.145. The molecule has 184 valence electrons. The van der Waals surface area contributed by atoms with Crippen molar-refractivity contribution in [1.82, 2.24) is 16.0 Å². The number of rotatable bonds is 13. The molecule has 11 nitrogen and oxygen atoms in total. The predicted molar refractivity (Wildman–Crippen MR) is 120 cm³/mol. The number of amides is 3. The van der Waals surface area contributed by atoms with Crippen LogP contribution >= 0.6 is 0 Å². The van der Waals surface area contributed by atoms with Crippen molar-refractivity contribution in [2.24, 2.45) is 11.7 Å². The highest BCUT2D eigenvalue weighted by atomic mass is 16.4. The fourth-order valence-electron chi connectivity index (χ4n) is 3.01. The van der Waals surface area contributed by atoms with Crippen LogP contribution in [0.5, 0.6) is 0 Å². The summed E-state index contributed by atoms with van der Waals surface area (Å²) in [5.41, 5.74) is 6.29. The van der Waals surface area contributed by atoms with Gasteiger partial charge in [-0.05, 0) is 18.4 Å². The Labute approximate surface area is 192 Å². The Morgan fingerprint density at radius 2 is 1.52 bits per heavy atom. The van der Waals surface area contributed by atoms with Gasteiger partial charge in [-0.25, -0.2) is 4.79 Å². The second kappa shape index (κ2) is 13.5. The molecule has 0 aromatic heterocycles. The molecule has 0 heterocycles. The van der Waals surface area contributed by atoms with E-state index >= 15 is 0 Å². The summed E-state index contributed by atoms with van der Waals surface area (Å²) < 4.78 is 0. The van der Waals surface area contributed by atoms with E-state index in [4.69, 9.17) is 10.8 Å². The van der Waals surface area contributed by atoms with Crippen LogP contribution in [-0.4, -0.2) is 75.9 Å². The summed E-state index contributed by atoms with van der Waals surface area (Å²) >= 11 is 0. The zero-order valence-electron chi connectivity index (χ0n) is 19.0. The number of hydrogen-bond acceptors (Lipinski definition) is 7. The lowest BCUT2D eigenvalue weighted by Gasteiger charge is -2.28. The maximum Gasteiger partial charge on any atom is 0.328 e. The Morgan fingerprint density at radius 3 is 2.00 bits per heavy atom. The standard InChI is InChI=1S/C22H34N4O7/c1-4-12(2)17(21(31)26-18(13(3)28)22(32)33)25-20(30)16(24-19(29)15(23)11-27)10-14-8-6-5-7-9-14/h5-9,12-13,15-18,27-28H,4,10-11,23H2,1-3H3,(H,24,29)(H,25,30)(H,26,31)(H,32,33). The third-order valence-corrected chi connectivity index (χ3v) is 5.29. The van der Waals surface area contributed by atoms with Gasteiger partial charge in [0.05, 0.1) is 12.7 Å². The second-order valence-corrected chi connectivity index (χ2v) is 7.98. The monoisotopic (exact) mass is 466 g/mol. The number of carboxylic acid groups (broad SMARTS) is 1. The van der Waals surface area contributed by atoms with Gasteiger partial charge in [-0.15, -0.1) is 0 Å². The smallest absolute Gasteiger partial charge is 0.328 e. The van der Waals surface area contributed by atoms with Gasteiger partial charge in [0.2, 0.25) is 17.7 Å². The fourth-order valence-corrected chi connectivity index (χ4v) is 3.01. The molecule has 11 heteroatoms. The molecule has 1 aromatic rings. The van der Waals surface area contributed by atoms with Gasteiger partial charge in [0.15, 0.2) is 6.04 Å². The Balaban J connectivity index is 3.11. The van der Waals surface area contributed by atoms with E-state index in [0.717, 1.165) is 5.56 Å². The molecule has 0 saturated heterocycles. The van der Waals surface area contributed by atoms with Crippen LogP contribution in [0.25, 0.3) is 0 Å². The predicted octanol–water partition coefficient (Wildman–Crippen LogP) is -1.49. The molecule has 0 radical (unpaired) electrons. The van der Waals surface area contributed by atoms with Crippen LogP contribution in [0.2, 0.25) is 0 Å². The summed E-state index contributed by atoms with van der Waals surface area (Å²) in [6.07, 6.45) is -0.781. The van der Waals surface area contributed by atoms with Crippen molar-refractivity contribution in [3.63, 3.8) is 0 Å². The third-order valence-electron chi connectivity index (χ3n) is 5.29. The van der Waals surface area contributed by atoms with Gasteiger partial charge >= 0.3 is 5.97 Å². The van der Waals surface area contributed by atoms with E-state index < -0.39 is 60.6 Å². The molecule has 3 amide bonds. The van der Waals surface area contributed by atoms with Gasteiger partial charge < -0.3 is 37.0 Å². The van der Waals surface area contributed by atoms with Crippen molar-refractivity contribution in [2.75, 3.05) is 6.61 Å². The maximum atomic E-state index is 13.1. The number of nitrogens with one attached hydrogen (secondary N) is 3. The zero-order valence-corrected chi connectivity index (χ0v) is 19.0. The van der Waals surface area contributed by atoms with Crippen molar-refractivity contribution in [1.29, 1.82) is 0 Å². The number of carboxylic acids is 1. The van der Waals surface area contributed by atoms with Crippen LogP contribution in [0.1, 0.15) is 32.8 Å². The molecular formula is C22H34N4O7. The average molecular weight is 467 g/mol. The first-order valence-electron chi connectivity index (χ1n) is 10.7. The lowest BCUT2D eigenvalue weighted by Crippen LogP contribution is -2.60. The van der Waals surface area contributed by atoms with E-state index in [1.54, 1.807) is 44.2 Å². The molecule has 0 fully saturated rings. The van der Waals surface area contributed by atoms with E-state index in [1.165, 1.54) is 6.92 Å². The number of nitrogens with two attached hydrogens (primary N) is 1. The second-order valence-electron chi connectivity index (χ2n) is 7.98. The van der Waals surface area contributed by atoms with Crippen molar-refractivity contribution in [3.8, 4) is 0 Å². The topological polar surface area (TPSA) is 191 Å². The Kier molecular flexibility index (Phi) is 11.5. The molecular weight excluding hydrogens is 432 g/mol. The highest BCUT2D eigenvalue weighted by Gasteiger charge is 2.34. The number of aliphatic carboxylic acids is 1. The first-order chi connectivity index (χ1) is 15.5. The van der Waals surface area contributed by atoms with Gasteiger partial charge in [-0.3, -0.25) is 14.4 Å². The normalized spacial score (nSPS) is 16.4. The summed E-state index contributed by atoms with van der Waals surface area (Å²) in [5.74, 6) is -3.99. The highest BCUT2D eigenvalue weighted by Crippen LogP contribution is 2.11. The molecule has 6 unspecified atom stereocenters. The molecule has 0 saturated carbocycles. The number of carbonyl (C=O) groups is 4. The Hall–Kier alpha value is -3.02. The largest absolute Gasteiger partial charge is 0.480 e. The van der Waals surface area contributed by atoms with E-state index in [-0.39, 0.29) is 12.3 Å². The molecule has 8 N–H and O–H groups in total. The highest BCUT2D eigenvalue weighted by molar-refractivity contribution is 5.94. The van der Waals surface area contributed by atoms with Crippen molar-refractivity contribution in [3.05, 3.63) is 35.9 Å². The van der Waals surface area contributed by atoms with E-state index in [9.17, 15) is 29.4 Å². The van der Waals surface area contributed by atoms with Gasteiger partial charge in [-0.2, -0.15) is 0 Å². The molecule has 0 bridgehead atoms. The molecule has 0 spiro atoms. The molecule has 1 rings (SSSR count). The van der Waals surface area contributed by atoms with Crippen molar-refractivity contribution >= 4 is 23.7 Å². The van der Waals surface area contributed by atoms with Crippen molar-refractivity contribution < 1.29 is 34.5 Å². The van der Waals surface area contributed by atoms with Crippen LogP contribution in [0.15, 0.2) is 30.3 Å². The van der Waals surface area contributed by atoms with Gasteiger partial charge in [0, 0.05) is 6.42 Å². The van der Waals surface area contributed by atoms with Crippen LogP contribution in [-0.2, 0) is 25.6 Å². The van der Waals surface area contributed by atoms with Crippen LogP contribution in [0.4, 0.5) is 0 Å². The Morgan fingerprint density at radius 1 is 0.939 bits per heavy atom. The molecule has 0 aliphatic carbocycles. The van der Waals surface area contributed by atoms with E-state index in [2.05, 4.69) is 16.0 Å². The number of carbonyl (C=O) groups excluding carboxylic acids is 3. The number of benzene rings is 1. The molecule has 1 aromatic carbocycles. The maximum absolute atomic E-state index is 13.1. The van der Waals surface area contributed by atoms with Crippen LogP contribution in [0, 0.1) is 5.92 Å².